The number of rotatable bonds is 6. The lowest BCUT2D eigenvalue weighted by atomic mass is 10.3. The highest BCUT2D eigenvalue weighted by atomic mass is 32.2. The molecule has 1 amide bonds. The van der Waals surface area contributed by atoms with Gasteiger partial charge < -0.3 is 9.73 Å². The second-order valence-electron chi connectivity index (χ2n) is 4.61. The van der Waals surface area contributed by atoms with Crippen LogP contribution in [0.2, 0.25) is 0 Å². The van der Waals surface area contributed by atoms with Gasteiger partial charge in [-0.05, 0) is 30.3 Å². The third-order valence-corrected chi connectivity index (χ3v) is 3.96. The van der Waals surface area contributed by atoms with Crippen LogP contribution >= 0.6 is 0 Å². The minimum Gasteiger partial charge on any atom is -0.467 e. The van der Waals surface area contributed by atoms with E-state index in [1.807, 2.05) is 0 Å². The average Bonchev–Trinajstić information content (AvgIpc) is 2.94. The summed E-state index contributed by atoms with van der Waals surface area (Å²) >= 11 is 0. The number of furan rings is 1. The molecule has 0 bridgehead atoms. The molecule has 0 fully saturated rings. The molecule has 0 aliphatic carbocycles. The molecule has 1 aromatic heterocycles. The second-order valence-corrected chi connectivity index (χ2v) is 6.51. The van der Waals surface area contributed by atoms with Crippen molar-refractivity contribution < 1.29 is 22.0 Å². The molecule has 0 radical (unpaired) electrons. The van der Waals surface area contributed by atoms with Gasteiger partial charge in [-0.15, -0.1) is 0 Å². The summed E-state index contributed by atoms with van der Waals surface area (Å²) in [6, 6.07) is 8.41. The number of nitrogens with zero attached hydrogens (tertiary/aromatic N) is 1. The quantitative estimate of drug-likeness (QED) is 0.872. The first-order valence-electron chi connectivity index (χ1n) is 6.38. The predicted molar refractivity (Wildman–Crippen MR) is 79.1 cm³/mol. The summed E-state index contributed by atoms with van der Waals surface area (Å²) in [6.45, 7) is -0.296. The monoisotopic (exact) mass is 326 g/mol. The van der Waals surface area contributed by atoms with Crippen LogP contribution in [0.5, 0.6) is 0 Å². The number of benzene rings is 1. The lowest BCUT2D eigenvalue weighted by Gasteiger charge is -2.21. The third-order valence-electron chi connectivity index (χ3n) is 2.82. The maximum Gasteiger partial charge on any atom is 0.241 e. The van der Waals surface area contributed by atoms with Crippen molar-refractivity contribution in [1.29, 1.82) is 0 Å². The van der Waals surface area contributed by atoms with Gasteiger partial charge in [0, 0.05) is 0 Å². The Balaban J connectivity index is 2.09. The normalized spacial score (nSPS) is 11.2. The van der Waals surface area contributed by atoms with Crippen LogP contribution in [-0.4, -0.2) is 27.1 Å². The smallest absolute Gasteiger partial charge is 0.241 e. The molecule has 1 heterocycles. The molecule has 0 unspecified atom stereocenters. The zero-order chi connectivity index (χ0) is 16.2. The summed E-state index contributed by atoms with van der Waals surface area (Å²) in [6.07, 6.45) is 2.43. The predicted octanol–water partition coefficient (Wildman–Crippen LogP) is 1.50. The van der Waals surface area contributed by atoms with Crippen LogP contribution in [0.15, 0.2) is 47.1 Å². The fourth-order valence-corrected chi connectivity index (χ4v) is 2.66. The summed E-state index contributed by atoms with van der Waals surface area (Å²) in [4.78, 5) is 11.9. The van der Waals surface area contributed by atoms with E-state index in [1.54, 1.807) is 12.1 Å². The van der Waals surface area contributed by atoms with Crippen LogP contribution in [0.1, 0.15) is 5.76 Å². The summed E-state index contributed by atoms with van der Waals surface area (Å²) in [7, 11) is -3.72. The number of amides is 1. The van der Waals surface area contributed by atoms with E-state index in [4.69, 9.17) is 4.42 Å². The van der Waals surface area contributed by atoms with Crippen LogP contribution in [0, 0.1) is 5.82 Å². The van der Waals surface area contributed by atoms with Gasteiger partial charge >= 0.3 is 0 Å². The Labute approximate surface area is 127 Å². The summed E-state index contributed by atoms with van der Waals surface area (Å²) < 4.78 is 42.8. The maximum absolute atomic E-state index is 13.3. The molecule has 118 valence electrons. The van der Waals surface area contributed by atoms with Crippen molar-refractivity contribution in [3.63, 3.8) is 0 Å². The molecule has 0 atom stereocenters. The van der Waals surface area contributed by atoms with Crippen molar-refractivity contribution in [3.8, 4) is 0 Å². The number of sulfonamides is 1. The fraction of sp³-hybridized carbons (Fsp3) is 0.214. The molecule has 0 aliphatic heterocycles. The van der Waals surface area contributed by atoms with E-state index in [2.05, 4.69) is 5.32 Å². The molecular formula is C14H15FN2O4S. The maximum atomic E-state index is 13.3. The Bertz CT molecular complexity index is 744. The van der Waals surface area contributed by atoms with E-state index in [0.717, 1.165) is 16.6 Å². The van der Waals surface area contributed by atoms with Gasteiger partial charge in [0.2, 0.25) is 15.9 Å². The lowest BCUT2D eigenvalue weighted by Crippen LogP contribution is -2.40. The van der Waals surface area contributed by atoms with Gasteiger partial charge in [-0.25, -0.2) is 12.8 Å². The topological polar surface area (TPSA) is 79.6 Å². The van der Waals surface area contributed by atoms with Gasteiger partial charge in [-0.3, -0.25) is 9.10 Å². The lowest BCUT2D eigenvalue weighted by molar-refractivity contribution is -0.119. The highest BCUT2D eigenvalue weighted by Gasteiger charge is 2.21. The number of carbonyl (C=O) groups excluding carboxylic acids is 1. The molecule has 0 spiro atoms. The first-order chi connectivity index (χ1) is 10.4. The van der Waals surface area contributed by atoms with Crippen LogP contribution in [0.3, 0.4) is 0 Å². The molecule has 0 aliphatic rings. The van der Waals surface area contributed by atoms with E-state index in [-0.39, 0.29) is 12.2 Å². The van der Waals surface area contributed by atoms with Crippen LogP contribution < -0.4 is 9.62 Å². The van der Waals surface area contributed by atoms with E-state index in [0.29, 0.717) is 5.76 Å². The second kappa shape index (κ2) is 6.61. The first kappa shape index (κ1) is 16.0. The van der Waals surface area contributed by atoms with Crippen LogP contribution in [0.4, 0.5) is 10.1 Å². The van der Waals surface area contributed by atoms with Crippen molar-refractivity contribution in [1.82, 2.24) is 5.32 Å². The highest BCUT2D eigenvalue weighted by molar-refractivity contribution is 7.92. The molecule has 6 nitrogen and oxygen atoms in total. The number of carbonyl (C=O) groups is 1. The van der Waals surface area contributed by atoms with Crippen molar-refractivity contribution in [2.24, 2.45) is 0 Å². The molecular weight excluding hydrogens is 311 g/mol. The Morgan fingerprint density at radius 3 is 2.68 bits per heavy atom. The van der Waals surface area contributed by atoms with Gasteiger partial charge in [0.1, 0.15) is 18.1 Å². The van der Waals surface area contributed by atoms with E-state index in [1.165, 1.54) is 24.5 Å². The molecule has 2 aromatic rings. The van der Waals surface area contributed by atoms with Crippen LogP contribution in [-0.2, 0) is 21.4 Å². The van der Waals surface area contributed by atoms with Crippen molar-refractivity contribution in [3.05, 3.63) is 54.2 Å². The van der Waals surface area contributed by atoms with E-state index in [9.17, 15) is 17.6 Å². The molecule has 2 rings (SSSR count). The molecule has 22 heavy (non-hydrogen) atoms. The van der Waals surface area contributed by atoms with Crippen LogP contribution in [0.25, 0.3) is 0 Å². The summed E-state index contributed by atoms with van der Waals surface area (Å²) in [5.41, 5.74) is 0.0932. The molecule has 8 heteroatoms. The summed E-state index contributed by atoms with van der Waals surface area (Å²) in [5, 5.41) is 2.54. The fourth-order valence-electron chi connectivity index (χ4n) is 1.82. The van der Waals surface area contributed by atoms with Gasteiger partial charge in [0.05, 0.1) is 24.8 Å². The molecule has 0 saturated heterocycles. The summed E-state index contributed by atoms with van der Waals surface area (Å²) in [5.74, 6) is -0.557. The highest BCUT2D eigenvalue weighted by Crippen LogP contribution is 2.18. The van der Waals surface area contributed by atoms with Crippen molar-refractivity contribution in [2.75, 3.05) is 17.1 Å². The molecule has 1 N–H and O–H groups in total. The molecule has 1 aromatic carbocycles. The Hall–Kier alpha value is -2.35. The number of hydrogen-bond acceptors (Lipinski definition) is 4. The Kier molecular flexibility index (Phi) is 4.81. The van der Waals surface area contributed by atoms with Gasteiger partial charge in [-0.1, -0.05) is 6.07 Å². The SMILES string of the molecule is CS(=O)(=O)N(CC(=O)NCc1ccco1)c1cccc(F)c1. The minimum atomic E-state index is -3.72. The van der Waals surface area contributed by atoms with Gasteiger partial charge in [0.15, 0.2) is 0 Å². The van der Waals surface area contributed by atoms with Crippen molar-refractivity contribution >= 4 is 21.6 Å². The van der Waals surface area contributed by atoms with Crippen molar-refractivity contribution in [2.45, 2.75) is 6.54 Å². The largest absolute Gasteiger partial charge is 0.467 e. The zero-order valence-electron chi connectivity index (χ0n) is 11.8. The number of hydrogen-bond donors (Lipinski definition) is 1. The van der Waals surface area contributed by atoms with E-state index >= 15 is 0 Å². The first-order valence-corrected chi connectivity index (χ1v) is 8.23. The number of halogens is 1. The van der Waals surface area contributed by atoms with E-state index < -0.39 is 28.3 Å². The minimum absolute atomic E-state index is 0.0932. The molecule has 0 saturated carbocycles. The van der Waals surface area contributed by atoms with Gasteiger partial charge in [-0.2, -0.15) is 0 Å². The zero-order valence-corrected chi connectivity index (χ0v) is 12.6. The number of nitrogens with one attached hydrogen (secondary N) is 1. The van der Waals surface area contributed by atoms with Gasteiger partial charge in [0.25, 0.3) is 0 Å². The Morgan fingerprint density at radius 1 is 1.32 bits per heavy atom. The Morgan fingerprint density at radius 2 is 2.09 bits per heavy atom. The average molecular weight is 326 g/mol. The third kappa shape index (κ3) is 4.32. The number of anilines is 1. The standard InChI is InChI=1S/C14H15FN2O4S/c1-22(19,20)17(12-5-2-4-11(15)8-12)10-14(18)16-9-13-6-3-7-21-13/h2-8H,9-10H2,1H3,(H,16,18).